The van der Waals surface area contributed by atoms with Gasteiger partial charge in [0.2, 0.25) is 5.75 Å². The van der Waals surface area contributed by atoms with Gasteiger partial charge in [0, 0.05) is 30.4 Å². The van der Waals surface area contributed by atoms with Crippen LogP contribution < -0.4 is 10.9 Å². The van der Waals surface area contributed by atoms with Gasteiger partial charge in [-0.25, -0.2) is 4.98 Å². The predicted octanol–water partition coefficient (Wildman–Crippen LogP) is 2.97. The quantitative estimate of drug-likeness (QED) is 0.458. The predicted molar refractivity (Wildman–Crippen MR) is 116 cm³/mol. The molecule has 0 aliphatic rings. The molecule has 3 aromatic heterocycles. The number of hydrogen-bond donors (Lipinski definition) is 2. The number of nitrogens with zero attached hydrogens (tertiary/aromatic N) is 5. The number of aromatic hydroxyl groups is 1. The molecular weight excluding hydrogens is 436 g/mol. The second-order valence-corrected chi connectivity index (χ2v) is 7.55. The van der Waals surface area contributed by atoms with E-state index in [0.717, 1.165) is 5.56 Å². The third-order valence-electron chi connectivity index (χ3n) is 5.12. The summed E-state index contributed by atoms with van der Waals surface area (Å²) in [7, 11) is 1.48. The normalized spacial score (nSPS) is 13.0. The fourth-order valence-electron chi connectivity index (χ4n) is 3.57. The van der Waals surface area contributed by atoms with Gasteiger partial charge in [-0.15, -0.1) is 0 Å². The molecule has 11 heteroatoms. The van der Waals surface area contributed by atoms with E-state index >= 15 is 0 Å². The van der Waals surface area contributed by atoms with Crippen LogP contribution in [0, 0.1) is 0 Å². The Hall–Kier alpha value is -3.92. The Bertz CT molecular complexity index is 1300. The van der Waals surface area contributed by atoms with E-state index in [1.54, 1.807) is 29.2 Å². The molecule has 0 fully saturated rings. The second kappa shape index (κ2) is 8.67. The van der Waals surface area contributed by atoms with Gasteiger partial charge in [-0.2, -0.15) is 5.10 Å². The lowest BCUT2D eigenvalue weighted by molar-refractivity contribution is 0.101. The van der Waals surface area contributed by atoms with Crippen molar-refractivity contribution >= 4 is 23.2 Å². The molecule has 0 saturated heterocycles. The zero-order valence-corrected chi connectivity index (χ0v) is 17.9. The van der Waals surface area contributed by atoms with Crippen LogP contribution in [-0.4, -0.2) is 35.5 Å². The van der Waals surface area contributed by atoms with Crippen LogP contribution in [0.4, 0.5) is 5.69 Å². The SMILES string of the molecule is C[C@H](c1nc(C(=O)Nc2cnoc2)c(O)c(=O)n1C)[C@H](c1ccccc1Cl)n1cccn1. The van der Waals surface area contributed by atoms with Crippen molar-refractivity contribution in [2.24, 2.45) is 7.05 Å². The number of aromatic nitrogens is 5. The van der Waals surface area contributed by atoms with Gasteiger partial charge in [0.25, 0.3) is 11.5 Å². The highest BCUT2D eigenvalue weighted by atomic mass is 35.5. The van der Waals surface area contributed by atoms with Crippen molar-refractivity contribution in [3.63, 3.8) is 0 Å². The standard InChI is InChI=1S/C21H19ClN6O4/c1-12(17(28-9-5-8-23-28)14-6-3-4-7-15(14)22)19-26-16(18(29)21(31)27(19)2)20(30)25-13-10-24-32-11-13/h3-12,17,29H,1-2H3,(H,25,30)/t12-,17+/m0/s1. The number of nitrogens with one attached hydrogen (secondary N) is 1. The van der Waals surface area contributed by atoms with Gasteiger partial charge < -0.3 is 14.9 Å². The number of amides is 1. The summed E-state index contributed by atoms with van der Waals surface area (Å²) in [5.41, 5.74) is -0.134. The molecule has 164 valence electrons. The lowest BCUT2D eigenvalue weighted by Gasteiger charge is -2.27. The van der Waals surface area contributed by atoms with E-state index in [1.807, 2.05) is 25.1 Å². The van der Waals surface area contributed by atoms with Crippen molar-refractivity contribution in [2.45, 2.75) is 18.9 Å². The molecule has 2 N–H and O–H groups in total. The Morgan fingerprint density at radius 2 is 2.06 bits per heavy atom. The van der Waals surface area contributed by atoms with E-state index in [2.05, 4.69) is 25.1 Å². The highest BCUT2D eigenvalue weighted by molar-refractivity contribution is 6.31. The van der Waals surface area contributed by atoms with Gasteiger partial charge in [-0.3, -0.25) is 18.8 Å². The number of rotatable bonds is 6. The van der Waals surface area contributed by atoms with Crippen molar-refractivity contribution in [1.29, 1.82) is 0 Å². The minimum atomic E-state index is -0.773. The summed E-state index contributed by atoms with van der Waals surface area (Å²) in [6.45, 7) is 1.84. The maximum absolute atomic E-state index is 12.7. The van der Waals surface area contributed by atoms with Crippen molar-refractivity contribution in [3.8, 4) is 5.75 Å². The molecule has 1 aromatic carbocycles. The molecule has 0 unspecified atom stereocenters. The largest absolute Gasteiger partial charge is 0.501 e. The summed E-state index contributed by atoms with van der Waals surface area (Å²) in [6.07, 6.45) is 5.91. The second-order valence-electron chi connectivity index (χ2n) is 7.14. The molecule has 0 aliphatic heterocycles. The first-order valence-electron chi connectivity index (χ1n) is 9.62. The molecule has 0 radical (unpaired) electrons. The molecule has 10 nitrogen and oxygen atoms in total. The summed E-state index contributed by atoms with van der Waals surface area (Å²) < 4.78 is 7.61. The van der Waals surface area contributed by atoms with Gasteiger partial charge in [-0.05, 0) is 17.7 Å². The number of benzene rings is 1. The van der Waals surface area contributed by atoms with Crippen LogP contribution in [0.1, 0.15) is 40.8 Å². The van der Waals surface area contributed by atoms with Gasteiger partial charge in [-0.1, -0.05) is 41.9 Å². The smallest absolute Gasteiger partial charge is 0.296 e. The van der Waals surface area contributed by atoms with Crippen LogP contribution in [0.3, 0.4) is 0 Å². The van der Waals surface area contributed by atoms with Crippen LogP contribution >= 0.6 is 11.6 Å². The third-order valence-corrected chi connectivity index (χ3v) is 5.47. The molecule has 4 rings (SSSR count). The summed E-state index contributed by atoms with van der Waals surface area (Å²) in [5, 5.41) is 21.2. The molecule has 2 atom stereocenters. The Labute approximate surface area is 187 Å². The van der Waals surface area contributed by atoms with E-state index in [9.17, 15) is 14.7 Å². The fourth-order valence-corrected chi connectivity index (χ4v) is 3.82. The van der Waals surface area contributed by atoms with Crippen molar-refractivity contribution in [1.82, 2.24) is 24.5 Å². The number of halogens is 1. The zero-order chi connectivity index (χ0) is 22.8. The van der Waals surface area contributed by atoms with Gasteiger partial charge in [0.15, 0.2) is 5.69 Å². The Morgan fingerprint density at radius 1 is 1.28 bits per heavy atom. The van der Waals surface area contributed by atoms with E-state index < -0.39 is 34.9 Å². The van der Waals surface area contributed by atoms with E-state index in [-0.39, 0.29) is 11.5 Å². The maximum atomic E-state index is 12.7. The molecule has 0 spiro atoms. The first-order valence-corrected chi connectivity index (χ1v) is 10.0. The monoisotopic (exact) mass is 454 g/mol. The third kappa shape index (κ3) is 3.87. The Balaban J connectivity index is 1.82. The van der Waals surface area contributed by atoms with Crippen molar-refractivity contribution < 1.29 is 14.4 Å². The van der Waals surface area contributed by atoms with Crippen LogP contribution in [-0.2, 0) is 7.05 Å². The molecule has 4 aromatic rings. The lowest BCUT2D eigenvalue weighted by Crippen LogP contribution is -2.30. The topological polar surface area (TPSA) is 128 Å². The average molecular weight is 455 g/mol. The van der Waals surface area contributed by atoms with Crippen LogP contribution in [0.2, 0.25) is 5.02 Å². The van der Waals surface area contributed by atoms with E-state index in [0.29, 0.717) is 5.02 Å². The van der Waals surface area contributed by atoms with Gasteiger partial charge in [0.1, 0.15) is 17.8 Å². The molecule has 0 bridgehead atoms. The summed E-state index contributed by atoms with van der Waals surface area (Å²) in [5.74, 6) is -1.73. The maximum Gasteiger partial charge on any atom is 0.296 e. The summed E-state index contributed by atoms with van der Waals surface area (Å²) in [6, 6.07) is 8.64. The molecular formula is C21H19ClN6O4. The zero-order valence-electron chi connectivity index (χ0n) is 17.1. The van der Waals surface area contributed by atoms with Crippen molar-refractivity contribution in [2.75, 3.05) is 5.32 Å². The minimum Gasteiger partial charge on any atom is -0.501 e. The Kier molecular flexibility index (Phi) is 5.78. The van der Waals surface area contributed by atoms with Gasteiger partial charge in [0.05, 0.1) is 12.2 Å². The van der Waals surface area contributed by atoms with E-state index in [4.69, 9.17) is 11.6 Å². The van der Waals surface area contributed by atoms with Crippen LogP contribution in [0.5, 0.6) is 5.75 Å². The van der Waals surface area contributed by atoms with Crippen molar-refractivity contribution in [3.05, 3.63) is 87.6 Å². The first-order chi connectivity index (χ1) is 15.4. The van der Waals surface area contributed by atoms with Crippen LogP contribution in [0.15, 0.2) is 64.5 Å². The molecule has 0 aliphatic carbocycles. The molecule has 1 amide bonds. The van der Waals surface area contributed by atoms with Gasteiger partial charge >= 0.3 is 0 Å². The molecule has 0 saturated carbocycles. The molecule has 3 heterocycles. The summed E-state index contributed by atoms with van der Waals surface area (Å²) in [4.78, 5) is 29.8. The van der Waals surface area contributed by atoms with E-state index in [1.165, 1.54) is 24.1 Å². The lowest BCUT2D eigenvalue weighted by atomic mass is 9.93. The highest BCUT2D eigenvalue weighted by Crippen LogP contribution is 2.36. The summed E-state index contributed by atoms with van der Waals surface area (Å²) >= 11 is 6.48. The number of carbonyl (C=O) groups excluding carboxylic acids is 1. The first kappa shape index (κ1) is 21.3. The minimum absolute atomic E-state index is 0.261. The molecule has 32 heavy (non-hydrogen) atoms. The number of hydrogen-bond acceptors (Lipinski definition) is 7. The average Bonchev–Trinajstić information content (AvgIpc) is 3.48. The van der Waals surface area contributed by atoms with Crippen LogP contribution in [0.25, 0.3) is 0 Å². The number of anilines is 1. The highest BCUT2D eigenvalue weighted by Gasteiger charge is 2.30. The number of carbonyl (C=O) groups is 1. The fraction of sp³-hybridized carbons (Fsp3) is 0.190. The Morgan fingerprint density at radius 3 is 2.72 bits per heavy atom.